The number of hydrogen-bond acceptors (Lipinski definition) is 6. The Kier molecular flexibility index (Phi) is 9.63. The summed E-state index contributed by atoms with van der Waals surface area (Å²) in [6, 6.07) is 7.50. The number of nitrogens with zero attached hydrogens (tertiary/aromatic N) is 3. The van der Waals surface area contributed by atoms with E-state index in [4.69, 9.17) is 4.74 Å². The second-order valence-corrected chi connectivity index (χ2v) is 12.9. The Morgan fingerprint density at radius 3 is 2.42 bits per heavy atom. The lowest BCUT2D eigenvalue weighted by Crippen LogP contribution is -2.49. The van der Waals surface area contributed by atoms with Gasteiger partial charge in [0.15, 0.2) is 0 Å². The summed E-state index contributed by atoms with van der Waals surface area (Å²) in [7, 11) is 0. The number of ether oxygens (including phenoxy) is 1. The minimum atomic E-state index is -5.00. The number of rotatable bonds is 6. The van der Waals surface area contributed by atoms with Gasteiger partial charge in [-0.15, -0.1) is 0 Å². The number of carboxylic acids is 1. The molecule has 0 radical (unpaired) electrons. The molecule has 1 fully saturated rings. The van der Waals surface area contributed by atoms with Gasteiger partial charge in [-0.2, -0.15) is 18.4 Å². The minimum Gasteiger partial charge on any atom is -0.481 e. The van der Waals surface area contributed by atoms with Crippen molar-refractivity contribution in [3.05, 3.63) is 116 Å². The van der Waals surface area contributed by atoms with Gasteiger partial charge in [0.25, 0.3) is 5.56 Å². The maximum atomic E-state index is 15.9. The summed E-state index contributed by atoms with van der Waals surface area (Å²) in [5, 5.41) is 22.0. The van der Waals surface area contributed by atoms with Crippen molar-refractivity contribution >= 4 is 11.9 Å². The number of likely N-dealkylation sites (tertiary alicyclic amines) is 1. The van der Waals surface area contributed by atoms with Crippen molar-refractivity contribution in [1.82, 2.24) is 14.8 Å². The van der Waals surface area contributed by atoms with E-state index >= 15 is 8.78 Å². The van der Waals surface area contributed by atoms with Crippen molar-refractivity contribution in [3.63, 3.8) is 0 Å². The Morgan fingerprint density at radius 2 is 1.77 bits per heavy atom. The molecule has 0 aliphatic carbocycles. The van der Waals surface area contributed by atoms with Crippen molar-refractivity contribution in [2.24, 2.45) is 0 Å². The van der Waals surface area contributed by atoms with Gasteiger partial charge >= 0.3 is 12.1 Å². The number of benzene rings is 3. The van der Waals surface area contributed by atoms with Crippen molar-refractivity contribution in [2.45, 2.75) is 51.1 Å². The summed E-state index contributed by atoms with van der Waals surface area (Å²) >= 11 is 0. The van der Waals surface area contributed by atoms with Gasteiger partial charge in [0.1, 0.15) is 35.3 Å². The topological polar surface area (TPSA) is 125 Å². The fraction of sp³-hybridized carbons (Fsp3) is 0.297. The number of halogens is 6. The number of carbonyl (C=O) groups is 2. The van der Waals surface area contributed by atoms with Crippen LogP contribution in [0.3, 0.4) is 0 Å². The first-order chi connectivity index (χ1) is 24.5. The normalized spacial score (nSPS) is 17.7. The van der Waals surface area contributed by atoms with Crippen molar-refractivity contribution in [1.29, 1.82) is 5.26 Å². The molecule has 2 aliphatic heterocycles. The lowest BCUT2D eigenvalue weighted by Gasteiger charge is -2.34. The van der Waals surface area contributed by atoms with Crippen LogP contribution >= 0.6 is 0 Å². The SMILES string of the molecule is Cc1cc2cc(c1F)[C@H](CC(=O)O)NC(=O)[C@@H](n1cc(CCN3CC(F)C3)c(C(F)(F)F)cc1=O)c1cc(ccc1F)Oc1cc(C#N)cc(C)c1-2. The van der Waals surface area contributed by atoms with Crippen LogP contribution in [0.4, 0.5) is 26.3 Å². The average molecular weight is 725 g/mol. The number of amides is 1. The van der Waals surface area contributed by atoms with Crippen LogP contribution in [0.1, 0.15) is 57.4 Å². The van der Waals surface area contributed by atoms with Gasteiger partial charge in [-0.05, 0) is 85.0 Å². The first kappa shape index (κ1) is 36.2. The van der Waals surface area contributed by atoms with Crippen LogP contribution in [-0.4, -0.2) is 52.3 Å². The zero-order valence-electron chi connectivity index (χ0n) is 27.7. The molecule has 1 saturated heterocycles. The Bertz CT molecular complexity index is 2210. The summed E-state index contributed by atoms with van der Waals surface area (Å²) in [6.45, 7) is 3.07. The number of carboxylic acid groups (broad SMARTS) is 1. The van der Waals surface area contributed by atoms with E-state index in [9.17, 15) is 42.3 Å². The van der Waals surface area contributed by atoms with E-state index in [0.29, 0.717) is 21.3 Å². The highest BCUT2D eigenvalue weighted by Gasteiger charge is 2.38. The van der Waals surface area contributed by atoms with Gasteiger partial charge in [-0.1, -0.05) is 0 Å². The quantitative estimate of drug-likeness (QED) is 0.217. The van der Waals surface area contributed by atoms with Crippen LogP contribution in [0.2, 0.25) is 0 Å². The van der Waals surface area contributed by atoms with Crippen LogP contribution < -0.4 is 15.6 Å². The number of carbonyl (C=O) groups excluding carboxylic acids is 1. The molecule has 2 aliphatic rings. The number of nitriles is 1. The predicted molar refractivity (Wildman–Crippen MR) is 175 cm³/mol. The third-order valence-electron chi connectivity index (χ3n) is 9.17. The molecule has 6 rings (SSSR count). The predicted octanol–water partition coefficient (Wildman–Crippen LogP) is 6.52. The molecule has 52 heavy (non-hydrogen) atoms. The molecule has 4 aromatic rings. The lowest BCUT2D eigenvalue weighted by atomic mass is 9.91. The molecule has 4 bridgehead atoms. The van der Waals surface area contributed by atoms with Gasteiger partial charge in [-0.3, -0.25) is 23.9 Å². The number of hydrogen-bond donors (Lipinski definition) is 2. The zero-order valence-corrected chi connectivity index (χ0v) is 27.7. The van der Waals surface area contributed by atoms with E-state index in [1.165, 1.54) is 31.2 Å². The number of aliphatic carboxylic acids is 1. The van der Waals surface area contributed by atoms with Gasteiger partial charge in [0.05, 0.1) is 29.7 Å². The van der Waals surface area contributed by atoms with Crippen LogP contribution in [0.15, 0.2) is 59.5 Å². The first-order valence-corrected chi connectivity index (χ1v) is 16.1. The van der Waals surface area contributed by atoms with Crippen molar-refractivity contribution in [2.75, 3.05) is 19.6 Å². The number of aryl methyl sites for hydroxylation is 2. The molecule has 2 atom stereocenters. The summed E-state index contributed by atoms with van der Waals surface area (Å²) in [4.78, 5) is 41.5. The zero-order chi connectivity index (χ0) is 37.6. The summed E-state index contributed by atoms with van der Waals surface area (Å²) in [5.41, 5.74) is -2.49. The Labute approximate surface area is 292 Å². The van der Waals surface area contributed by atoms with Crippen molar-refractivity contribution < 1.29 is 45.8 Å². The Balaban J connectivity index is 1.60. The molecule has 0 unspecified atom stereocenters. The maximum Gasteiger partial charge on any atom is 0.416 e. The van der Waals surface area contributed by atoms with Gasteiger partial charge in [0, 0.05) is 48.6 Å². The van der Waals surface area contributed by atoms with Gasteiger partial charge in [0.2, 0.25) is 5.91 Å². The van der Waals surface area contributed by atoms with Crippen LogP contribution in [0, 0.1) is 36.8 Å². The smallest absolute Gasteiger partial charge is 0.416 e. The van der Waals surface area contributed by atoms with Crippen LogP contribution in [0.5, 0.6) is 11.5 Å². The number of pyridine rings is 1. The number of nitrogens with one attached hydrogen (secondary N) is 1. The molecule has 9 nitrogen and oxygen atoms in total. The van der Waals surface area contributed by atoms with Crippen molar-refractivity contribution in [3.8, 4) is 28.7 Å². The number of alkyl halides is 4. The molecule has 1 amide bonds. The molecule has 3 heterocycles. The van der Waals surface area contributed by atoms with E-state index in [2.05, 4.69) is 5.32 Å². The summed E-state index contributed by atoms with van der Waals surface area (Å²) in [5.74, 6) is -4.69. The number of aromatic nitrogens is 1. The molecule has 2 N–H and O–H groups in total. The minimum absolute atomic E-state index is 0.00470. The maximum absolute atomic E-state index is 15.9. The lowest BCUT2D eigenvalue weighted by molar-refractivity contribution is -0.139. The van der Waals surface area contributed by atoms with Crippen LogP contribution in [-0.2, 0) is 22.2 Å². The monoisotopic (exact) mass is 724 g/mol. The van der Waals surface area contributed by atoms with Gasteiger partial charge < -0.3 is 15.2 Å². The molecular weight excluding hydrogens is 694 g/mol. The van der Waals surface area contributed by atoms with E-state index in [1.54, 1.807) is 17.9 Å². The highest BCUT2D eigenvalue weighted by molar-refractivity contribution is 5.85. The second-order valence-electron chi connectivity index (χ2n) is 12.9. The first-order valence-electron chi connectivity index (χ1n) is 16.1. The van der Waals surface area contributed by atoms with E-state index in [-0.39, 0.29) is 60.3 Å². The summed E-state index contributed by atoms with van der Waals surface area (Å²) in [6.07, 6.45) is -6.55. The third-order valence-corrected chi connectivity index (χ3v) is 9.17. The molecule has 0 saturated carbocycles. The third kappa shape index (κ3) is 7.11. The van der Waals surface area contributed by atoms with E-state index < -0.39 is 76.6 Å². The standard InChI is InChI=1S/C37H30F6N4O5/c1-18-7-20(14-44)9-30-33(18)22-8-19(2)34(40)26(10-22)29(13-32(49)50)45-36(51)35(25-11-24(52-30)3-4-28(25)39)47-15-21(5-6-46-16-23(38)17-46)27(12-31(47)48)37(41,42)43/h3-4,7-12,15,23,29,35H,5-6,13,16-17H2,1-2H3,(H,45,51)(H,49,50)/t29-,35-/m0/s1. The average Bonchev–Trinajstić information content (AvgIpc) is 3.05. The van der Waals surface area contributed by atoms with E-state index in [1.807, 2.05) is 6.07 Å². The molecule has 270 valence electrons. The Hall–Kier alpha value is -5.62. The highest BCUT2D eigenvalue weighted by atomic mass is 19.4. The fourth-order valence-corrected chi connectivity index (χ4v) is 6.69. The van der Waals surface area contributed by atoms with Crippen LogP contribution in [0.25, 0.3) is 11.1 Å². The molecule has 1 aromatic heterocycles. The molecule has 3 aromatic carbocycles. The molecular formula is C37H30F6N4O5. The second kappa shape index (κ2) is 13.8. The highest BCUT2D eigenvalue weighted by Crippen LogP contribution is 2.41. The van der Waals surface area contributed by atoms with Gasteiger partial charge in [-0.25, -0.2) is 13.2 Å². The molecule has 0 spiro atoms. The molecule has 15 heteroatoms. The fourth-order valence-electron chi connectivity index (χ4n) is 6.69. The summed E-state index contributed by atoms with van der Waals surface area (Å²) < 4.78 is 94.6. The number of fused-ring (bicyclic) bond motifs is 6. The largest absolute Gasteiger partial charge is 0.481 e. The van der Waals surface area contributed by atoms with E-state index in [0.717, 1.165) is 18.3 Å². The Morgan fingerprint density at radius 1 is 1.04 bits per heavy atom.